The molecule has 3 aromatic carbocycles. The third kappa shape index (κ3) is 4.08. The molecular weight excluding hydrogens is 401 g/mol. The molecule has 2 aliphatic heterocycles. The zero-order valence-electron chi connectivity index (χ0n) is 18.2. The van der Waals surface area contributed by atoms with E-state index in [0.29, 0.717) is 13.0 Å². The lowest BCUT2D eigenvalue weighted by atomic mass is 9.95. The first kappa shape index (κ1) is 20.6. The predicted molar refractivity (Wildman–Crippen MR) is 124 cm³/mol. The van der Waals surface area contributed by atoms with Crippen molar-refractivity contribution in [1.82, 2.24) is 9.91 Å². The van der Waals surface area contributed by atoms with Crippen molar-refractivity contribution in [2.45, 2.75) is 32.4 Å². The fourth-order valence-corrected chi connectivity index (χ4v) is 4.71. The maximum absolute atomic E-state index is 13.5. The van der Waals surface area contributed by atoms with Crippen LogP contribution in [0, 0.1) is 12.7 Å². The van der Waals surface area contributed by atoms with E-state index in [4.69, 9.17) is 5.10 Å². The predicted octanol–water partition coefficient (Wildman–Crippen LogP) is 4.87. The second-order valence-electron chi connectivity index (χ2n) is 8.60. The summed E-state index contributed by atoms with van der Waals surface area (Å²) >= 11 is 0. The van der Waals surface area contributed by atoms with E-state index in [-0.39, 0.29) is 17.8 Å². The van der Waals surface area contributed by atoms with Gasteiger partial charge < -0.3 is 0 Å². The summed E-state index contributed by atoms with van der Waals surface area (Å²) in [6.07, 6.45) is 1.57. The van der Waals surface area contributed by atoms with Crippen LogP contribution in [-0.4, -0.2) is 34.6 Å². The third-order valence-electron chi connectivity index (χ3n) is 6.46. The van der Waals surface area contributed by atoms with Gasteiger partial charge in [-0.1, -0.05) is 60.7 Å². The number of hydrogen-bond acceptors (Lipinski definition) is 3. The van der Waals surface area contributed by atoms with Crippen LogP contribution >= 0.6 is 0 Å². The minimum absolute atomic E-state index is 0.00486. The molecule has 2 heterocycles. The van der Waals surface area contributed by atoms with Crippen molar-refractivity contribution in [1.29, 1.82) is 0 Å². The highest BCUT2D eigenvalue weighted by atomic mass is 19.1. The molecule has 162 valence electrons. The lowest BCUT2D eigenvalue weighted by Gasteiger charge is -2.30. The fourth-order valence-electron chi connectivity index (χ4n) is 4.71. The normalized spacial score (nSPS) is 18.4. The second-order valence-corrected chi connectivity index (χ2v) is 8.60. The molecule has 2 aliphatic rings. The molecule has 1 atom stereocenters. The van der Waals surface area contributed by atoms with Crippen LogP contribution in [0.25, 0.3) is 0 Å². The van der Waals surface area contributed by atoms with Gasteiger partial charge >= 0.3 is 0 Å². The Hall–Kier alpha value is -3.31. The number of carbonyl (C=O) groups is 1. The Morgan fingerprint density at radius 2 is 1.72 bits per heavy atom. The molecule has 0 radical (unpaired) electrons. The molecule has 4 nitrogen and oxygen atoms in total. The third-order valence-corrected chi connectivity index (χ3v) is 6.46. The molecule has 3 aromatic rings. The quantitative estimate of drug-likeness (QED) is 0.596. The number of hydrazone groups is 1. The highest BCUT2D eigenvalue weighted by molar-refractivity contribution is 6.03. The SMILES string of the molecule is Cc1ccccc1C1CC(c2ccc(F)cc2)=NN1C(=O)CN1CCc2ccccc2C1. The average molecular weight is 428 g/mol. The molecule has 0 N–H and O–H groups in total. The molecule has 5 heteroatoms. The first-order chi connectivity index (χ1) is 15.6. The van der Waals surface area contributed by atoms with Gasteiger partial charge in [-0.2, -0.15) is 5.10 Å². The Morgan fingerprint density at radius 3 is 2.50 bits per heavy atom. The van der Waals surface area contributed by atoms with Gasteiger partial charge in [0.25, 0.3) is 5.91 Å². The van der Waals surface area contributed by atoms with E-state index in [2.05, 4.69) is 48.2 Å². The lowest BCUT2D eigenvalue weighted by Crippen LogP contribution is -2.40. The van der Waals surface area contributed by atoms with Gasteiger partial charge in [-0.3, -0.25) is 9.69 Å². The Labute approximate surface area is 188 Å². The van der Waals surface area contributed by atoms with Gasteiger partial charge in [0.2, 0.25) is 0 Å². The number of nitrogens with zero attached hydrogens (tertiary/aromatic N) is 3. The van der Waals surface area contributed by atoms with E-state index in [1.165, 1.54) is 23.3 Å². The number of hydrogen-bond donors (Lipinski definition) is 0. The van der Waals surface area contributed by atoms with Crippen LogP contribution in [0.3, 0.4) is 0 Å². The van der Waals surface area contributed by atoms with Crippen molar-refractivity contribution in [3.63, 3.8) is 0 Å². The first-order valence-electron chi connectivity index (χ1n) is 11.1. The molecule has 0 saturated heterocycles. The van der Waals surface area contributed by atoms with E-state index in [1.807, 2.05) is 12.1 Å². The molecule has 1 amide bonds. The summed E-state index contributed by atoms with van der Waals surface area (Å²) in [5.74, 6) is -0.282. The molecule has 32 heavy (non-hydrogen) atoms. The smallest absolute Gasteiger partial charge is 0.257 e. The van der Waals surface area contributed by atoms with Gasteiger partial charge in [0.1, 0.15) is 5.82 Å². The summed E-state index contributed by atoms with van der Waals surface area (Å²) in [5.41, 5.74) is 6.57. The van der Waals surface area contributed by atoms with Gasteiger partial charge in [0.05, 0.1) is 18.3 Å². The summed E-state index contributed by atoms with van der Waals surface area (Å²) in [7, 11) is 0. The minimum atomic E-state index is -0.277. The van der Waals surface area contributed by atoms with E-state index in [9.17, 15) is 9.18 Å². The Bertz CT molecular complexity index is 1170. The van der Waals surface area contributed by atoms with E-state index in [1.54, 1.807) is 17.1 Å². The second kappa shape index (κ2) is 8.67. The van der Waals surface area contributed by atoms with Crippen molar-refractivity contribution in [2.24, 2.45) is 5.10 Å². The molecule has 0 fully saturated rings. The number of fused-ring (bicyclic) bond motifs is 1. The van der Waals surface area contributed by atoms with Crippen molar-refractivity contribution in [3.05, 3.63) is 106 Å². The topological polar surface area (TPSA) is 35.9 Å². The van der Waals surface area contributed by atoms with Crippen molar-refractivity contribution < 1.29 is 9.18 Å². The van der Waals surface area contributed by atoms with Crippen molar-refractivity contribution in [3.8, 4) is 0 Å². The van der Waals surface area contributed by atoms with Crippen molar-refractivity contribution in [2.75, 3.05) is 13.1 Å². The Morgan fingerprint density at radius 1 is 1.00 bits per heavy atom. The molecule has 0 aromatic heterocycles. The Balaban J connectivity index is 1.41. The lowest BCUT2D eigenvalue weighted by molar-refractivity contribution is -0.134. The number of halogens is 1. The number of carbonyl (C=O) groups excluding carboxylic acids is 1. The van der Waals surface area contributed by atoms with Gasteiger partial charge in [0, 0.05) is 19.5 Å². The summed E-state index contributed by atoms with van der Waals surface area (Å²) in [5, 5.41) is 6.40. The summed E-state index contributed by atoms with van der Waals surface area (Å²) < 4.78 is 13.4. The molecule has 0 aliphatic carbocycles. The van der Waals surface area contributed by atoms with E-state index < -0.39 is 0 Å². The summed E-state index contributed by atoms with van der Waals surface area (Å²) in [4.78, 5) is 15.7. The molecule has 5 rings (SSSR count). The largest absolute Gasteiger partial charge is 0.290 e. The first-order valence-corrected chi connectivity index (χ1v) is 11.1. The molecular formula is C27H26FN3O. The fraction of sp³-hybridized carbons (Fsp3) is 0.259. The van der Waals surface area contributed by atoms with Gasteiger partial charge in [0.15, 0.2) is 0 Å². The van der Waals surface area contributed by atoms with Crippen LogP contribution in [0.4, 0.5) is 4.39 Å². The summed E-state index contributed by atoms with van der Waals surface area (Å²) in [6.45, 7) is 4.03. The number of amides is 1. The standard InChI is InChI=1S/C27H26FN3O/c1-19-6-2-5-9-24(19)26-16-25(21-10-12-23(28)13-11-21)29-31(26)27(32)18-30-15-14-20-7-3-4-8-22(20)17-30/h2-13,26H,14-18H2,1H3. The average Bonchev–Trinajstić information content (AvgIpc) is 3.25. The van der Waals surface area contributed by atoms with Crippen LogP contribution in [-0.2, 0) is 17.8 Å². The summed E-state index contributed by atoms with van der Waals surface area (Å²) in [6, 6.07) is 22.8. The monoisotopic (exact) mass is 427 g/mol. The Kier molecular flexibility index (Phi) is 5.58. The minimum Gasteiger partial charge on any atom is -0.290 e. The number of benzene rings is 3. The van der Waals surface area contributed by atoms with E-state index in [0.717, 1.165) is 41.9 Å². The van der Waals surface area contributed by atoms with Crippen molar-refractivity contribution >= 4 is 11.6 Å². The number of rotatable bonds is 4. The van der Waals surface area contributed by atoms with Crippen LogP contribution < -0.4 is 0 Å². The molecule has 0 bridgehead atoms. The van der Waals surface area contributed by atoms with Crippen LogP contribution in [0.2, 0.25) is 0 Å². The molecule has 1 unspecified atom stereocenters. The van der Waals surface area contributed by atoms with Crippen LogP contribution in [0.15, 0.2) is 77.9 Å². The maximum atomic E-state index is 13.5. The van der Waals surface area contributed by atoms with Crippen LogP contribution in [0.5, 0.6) is 0 Å². The van der Waals surface area contributed by atoms with Gasteiger partial charge in [-0.15, -0.1) is 0 Å². The van der Waals surface area contributed by atoms with Crippen LogP contribution in [0.1, 0.15) is 40.3 Å². The zero-order chi connectivity index (χ0) is 22.1. The number of aryl methyl sites for hydroxylation is 1. The van der Waals surface area contributed by atoms with Gasteiger partial charge in [-0.05, 0) is 53.3 Å². The zero-order valence-corrected chi connectivity index (χ0v) is 18.2. The highest BCUT2D eigenvalue weighted by Crippen LogP contribution is 2.34. The highest BCUT2D eigenvalue weighted by Gasteiger charge is 2.34. The molecule has 0 saturated carbocycles. The maximum Gasteiger partial charge on any atom is 0.257 e. The van der Waals surface area contributed by atoms with Gasteiger partial charge in [-0.25, -0.2) is 9.40 Å². The molecule has 0 spiro atoms. The van der Waals surface area contributed by atoms with E-state index >= 15 is 0 Å².